The van der Waals surface area contributed by atoms with Crippen LogP contribution < -0.4 is 0 Å². The lowest BCUT2D eigenvalue weighted by atomic mass is 11.0. The number of thioether (sulfide) groups is 1. The van der Waals surface area contributed by atoms with Gasteiger partial charge in [-0.05, 0) is 10.8 Å². The van der Waals surface area contributed by atoms with Gasteiger partial charge in [-0.1, -0.05) is 119 Å². The molecule has 0 amide bonds. The number of rotatable bonds is 5. The fourth-order valence-electron chi connectivity index (χ4n) is 0.539. The van der Waals surface area contributed by atoms with Gasteiger partial charge in [0.2, 0.25) is 0 Å². The van der Waals surface area contributed by atoms with Crippen LogP contribution in [0.2, 0.25) is 45.3 Å². The maximum atomic E-state index is 2.43. The topological polar surface area (TPSA) is 0 Å². The molecule has 0 heterocycles. The Morgan fingerprint density at radius 3 is 0.739 bits per heavy atom. The van der Waals surface area contributed by atoms with Gasteiger partial charge in [-0.2, -0.15) is 11.8 Å². The van der Waals surface area contributed by atoms with Crippen molar-refractivity contribution < 1.29 is 0 Å². The Hall–Kier alpha value is 1.00. The molecule has 0 fully saturated rings. The molecule has 0 radical (unpaired) electrons. The summed E-state index contributed by atoms with van der Waals surface area (Å²) < 4.78 is 0. The molecule has 23 heavy (non-hydrogen) atoms. The summed E-state index contributed by atoms with van der Waals surface area (Å²) in [5, 5.41) is 2.98. The van der Waals surface area contributed by atoms with Crippen LogP contribution in [-0.2, 0) is 0 Å². The van der Waals surface area contributed by atoms with Gasteiger partial charge < -0.3 is 0 Å². The molecule has 0 nitrogen and oxygen atoms in total. The van der Waals surface area contributed by atoms with E-state index < -0.39 is 0 Å². The van der Waals surface area contributed by atoms with Crippen molar-refractivity contribution in [1.29, 1.82) is 0 Å². The average Bonchev–Trinajstić information content (AvgIpc) is 2.04. The molecule has 4 heteroatoms. The first-order chi connectivity index (χ1) is 6.40. The summed E-state index contributed by atoms with van der Waals surface area (Å²) in [5.74, 6) is 0. The minimum Gasteiger partial charge on any atom is -0.169 e. The van der Waals surface area contributed by atoms with Gasteiger partial charge in [0.05, 0.1) is 0 Å². The summed E-state index contributed by atoms with van der Waals surface area (Å²) in [5.41, 5.74) is 0. The molecule has 0 aromatic heterocycles. The minimum absolute atomic E-state index is 0. The molecule has 0 atom stereocenters. The van der Waals surface area contributed by atoms with Crippen LogP contribution in [0.15, 0.2) is 0 Å². The smallest absolute Gasteiger partial charge is 0.0418 e. The van der Waals surface area contributed by atoms with Crippen molar-refractivity contribution in [2.24, 2.45) is 0 Å². The van der Waals surface area contributed by atoms with E-state index >= 15 is 0 Å². The molecule has 0 N–H and O–H groups in total. The summed E-state index contributed by atoms with van der Waals surface area (Å²) in [6, 6.07) is 1.44. The average molecular weight is 411 g/mol. The second-order valence-corrected chi connectivity index (χ2v) is 17.4. The molecule has 0 aliphatic carbocycles. The first-order valence-electron chi connectivity index (χ1n) is 5.97. The lowest BCUT2D eigenvalue weighted by Gasteiger charge is -2.03. The fourth-order valence-corrected chi connectivity index (χ4v) is 6.08. The third kappa shape index (κ3) is 125. The normalized spacial score (nSPS) is 6.52. The van der Waals surface area contributed by atoms with E-state index in [-0.39, 0.29) is 93.2 Å². The highest BCUT2D eigenvalue weighted by molar-refractivity contribution is 8.01. The first-order valence-corrected chi connectivity index (χ1v) is 16.5. The third-order valence-corrected chi connectivity index (χ3v) is 10.6. The Morgan fingerprint density at radius 2 is 0.652 bits per heavy atom. The zero-order chi connectivity index (χ0) is 11.6. The lowest BCUT2D eigenvalue weighted by molar-refractivity contribution is 1.41. The van der Waals surface area contributed by atoms with Gasteiger partial charge in [0, 0.05) is 26.4 Å². The highest BCUT2D eigenvalue weighted by Gasteiger charge is 1.98. The summed E-state index contributed by atoms with van der Waals surface area (Å²) in [7, 11) is -0.638. The predicted molar refractivity (Wildman–Crippen MR) is 145 cm³/mol. The maximum absolute atomic E-state index is 2.43. The second-order valence-electron chi connectivity index (χ2n) is 5.13. The van der Waals surface area contributed by atoms with Crippen LogP contribution in [0.4, 0.5) is 0 Å². The van der Waals surface area contributed by atoms with Crippen molar-refractivity contribution in [3.8, 4) is 0 Å². The highest BCUT2D eigenvalue weighted by Crippen LogP contribution is 2.03. The van der Waals surface area contributed by atoms with Crippen molar-refractivity contribution in [3.63, 3.8) is 0 Å². The van der Waals surface area contributed by atoms with Gasteiger partial charge in [0.25, 0.3) is 0 Å². The van der Waals surface area contributed by atoms with Crippen LogP contribution in [-0.4, -0.2) is 37.1 Å². The van der Waals surface area contributed by atoms with Gasteiger partial charge in [-0.3, -0.25) is 0 Å². The quantitative estimate of drug-likeness (QED) is 0.407. The van der Waals surface area contributed by atoms with E-state index in [0.29, 0.717) is 0 Å². The standard InChI is InChI=1S/C6H18SSi2.C4H12Si.9CH4/c1-8(2)5-7-6-9(3)4;1-4-5(2)3;;;;;;;;;/h8-9H,5-6H2,1-4H3;5H,4H2,1-3H3;9*1H4. The predicted octanol–water partition coefficient (Wildman–Crippen LogP) is 8.99. The zero-order valence-electron chi connectivity index (χ0n) is 11.3. The molecule has 0 aliphatic rings. The molecule has 0 spiro atoms. The van der Waals surface area contributed by atoms with Gasteiger partial charge in [0.1, 0.15) is 0 Å². The highest BCUT2D eigenvalue weighted by atomic mass is 32.2. The number of hydrogen-bond donors (Lipinski definition) is 0. The van der Waals surface area contributed by atoms with E-state index in [4.69, 9.17) is 0 Å². The molecular formula is C19H66SSi3. The van der Waals surface area contributed by atoms with Crippen molar-refractivity contribution in [3.05, 3.63) is 0 Å². The van der Waals surface area contributed by atoms with Gasteiger partial charge in [-0.25, -0.2) is 0 Å². The molecule has 0 bridgehead atoms. The molecule has 0 aliphatic heterocycles. The van der Waals surface area contributed by atoms with Crippen molar-refractivity contribution in [2.75, 3.05) is 10.8 Å². The largest absolute Gasteiger partial charge is 0.169 e. The second kappa shape index (κ2) is 56.8. The summed E-state index contributed by atoms with van der Waals surface area (Å²) in [6.45, 7) is 16.7. The van der Waals surface area contributed by atoms with Gasteiger partial charge in [-0.15, -0.1) is 0 Å². The number of hydrogen-bond acceptors (Lipinski definition) is 1. The molecule has 160 valence electrons. The molecular weight excluding hydrogens is 345 g/mol. The minimum atomic E-state index is -0.244. The monoisotopic (exact) mass is 410 g/mol. The molecule has 0 saturated heterocycles. The molecule has 0 rings (SSSR count). The Bertz CT molecular complexity index is 101. The van der Waals surface area contributed by atoms with Crippen LogP contribution in [0, 0.1) is 0 Å². The van der Waals surface area contributed by atoms with Crippen molar-refractivity contribution >= 4 is 38.2 Å². The Balaban J connectivity index is -0.0000000106. The van der Waals surface area contributed by atoms with E-state index in [1.165, 1.54) is 16.8 Å². The van der Waals surface area contributed by atoms with Crippen LogP contribution >= 0.6 is 11.8 Å². The molecule has 0 unspecified atom stereocenters. The molecule has 0 aromatic rings. The van der Waals surface area contributed by atoms with E-state index in [9.17, 15) is 0 Å². The SMILES string of the molecule is C.C.C.C.C.C.C.C.C.CC[SiH](C)C.C[SiH](C)CSC[SiH](C)C. The van der Waals surface area contributed by atoms with Crippen molar-refractivity contribution in [2.45, 2.75) is 119 Å². The fraction of sp³-hybridized carbons (Fsp3) is 1.00. The first kappa shape index (κ1) is 75.1. The summed E-state index contributed by atoms with van der Waals surface area (Å²) in [6.07, 6.45) is 0. The van der Waals surface area contributed by atoms with E-state index in [1.54, 1.807) is 0 Å². The van der Waals surface area contributed by atoms with Gasteiger partial charge >= 0.3 is 0 Å². The van der Waals surface area contributed by atoms with E-state index in [1.807, 2.05) is 0 Å². The van der Waals surface area contributed by atoms with Gasteiger partial charge in [0.15, 0.2) is 0 Å². The Kier molecular flexibility index (Phi) is 186. The van der Waals surface area contributed by atoms with Crippen LogP contribution in [0.5, 0.6) is 0 Å². The maximum Gasteiger partial charge on any atom is 0.0418 e. The molecule has 0 saturated carbocycles. The third-order valence-electron chi connectivity index (χ3n) is 1.72. The van der Waals surface area contributed by atoms with E-state index in [0.717, 1.165) is 0 Å². The van der Waals surface area contributed by atoms with Crippen LogP contribution in [0.25, 0.3) is 0 Å². The Morgan fingerprint density at radius 1 is 0.478 bits per heavy atom. The zero-order valence-corrected chi connectivity index (χ0v) is 15.5. The summed E-state index contributed by atoms with van der Waals surface area (Å²) >= 11 is 2.19. The van der Waals surface area contributed by atoms with E-state index in [2.05, 4.69) is 58.0 Å². The van der Waals surface area contributed by atoms with Crippen LogP contribution in [0.3, 0.4) is 0 Å². The Labute approximate surface area is 167 Å². The van der Waals surface area contributed by atoms with Crippen molar-refractivity contribution in [1.82, 2.24) is 0 Å². The molecule has 0 aromatic carbocycles. The summed E-state index contributed by atoms with van der Waals surface area (Å²) in [4.78, 5) is 0. The lowest BCUT2D eigenvalue weighted by Crippen LogP contribution is -2.10. The van der Waals surface area contributed by atoms with Crippen LogP contribution in [0.1, 0.15) is 73.8 Å².